The van der Waals surface area contributed by atoms with Crippen LogP contribution in [0, 0.1) is 4.91 Å². The number of H-pyrrole nitrogens is 1. The Morgan fingerprint density at radius 1 is 1.46 bits per heavy atom. The molecule has 2 aromatic rings. The molecule has 13 heavy (non-hydrogen) atoms. The van der Waals surface area contributed by atoms with Crippen LogP contribution in [0.25, 0.3) is 10.9 Å². The van der Waals surface area contributed by atoms with Gasteiger partial charge in [-0.15, -0.1) is 4.91 Å². The van der Waals surface area contributed by atoms with Crippen LogP contribution in [0.5, 0.6) is 5.75 Å². The summed E-state index contributed by atoms with van der Waals surface area (Å²) in [5.74, 6) is 0.719. The van der Waals surface area contributed by atoms with Gasteiger partial charge in [0.25, 0.3) is 0 Å². The van der Waals surface area contributed by atoms with Crippen LogP contribution in [0.1, 0.15) is 0 Å². The molecule has 0 saturated carbocycles. The number of nitroso groups, excluding NO2 is 1. The molecule has 1 N–H and O–H groups in total. The Kier molecular flexibility index (Phi) is 1.73. The van der Waals surface area contributed by atoms with E-state index in [0.29, 0.717) is 5.69 Å². The van der Waals surface area contributed by atoms with E-state index in [1.54, 1.807) is 19.4 Å². The van der Waals surface area contributed by atoms with Gasteiger partial charge in [0.1, 0.15) is 11.4 Å². The van der Waals surface area contributed by atoms with E-state index < -0.39 is 0 Å². The molecule has 0 unspecified atom stereocenters. The zero-order valence-corrected chi connectivity index (χ0v) is 7.07. The molecule has 4 nitrogen and oxygen atoms in total. The van der Waals surface area contributed by atoms with Gasteiger partial charge in [0.15, 0.2) is 0 Å². The second kappa shape index (κ2) is 2.90. The van der Waals surface area contributed by atoms with E-state index in [-0.39, 0.29) is 0 Å². The van der Waals surface area contributed by atoms with Crippen molar-refractivity contribution in [3.05, 3.63) is 29.3 Å². The average Bonchev–Trinajstić information content (AvgIpc) is 2.59. The van der Waals surface area contributed by atoms with E-state index in [1.807, 2.05) is 12.1 Å². The number of aromatic amines is 1. The fourth-order valence-corrected chi connectivity index (χ4v) is 1.29. The molecule has 0 aliphatic carbocycles. The van der Waals surface area contributed by atoms with Crippen molar-refractivity contribution in [2.24, 2.45) is 5.18 Å². The third-order valence-electron chi connectivity index (χ3n) is 1.97. The number of aromatic nitrogens is 1. The molecule has 0 bridgehead atoms. The lowest BCUT2D eigenvalue weighted by atomic mass is 10.2. The summed E-state index contributed by atoms with van der Waals surface area (Å²) in [6, 6.07) is 5.46. The normalized spacial score (nSPS) is 10.2. The van der Waals surface area contributed by atoms with Crippen molar-refractivity contribution in [1.29, 1.82) is 0 Å². The Morgan fingerprint density at radius 3 is 3.00 bits per heavy atom. The van der Waals surface area contributed by atoms with Crippen LogP contribution in [-0.4, -0.2) is 12.1 Å². The van der Waals surface area contributed by atoms with Crippen molar-refractivity contribution in [2.75, 3.05) is 7.11 Å². The van der Waals surface area contributed by atoms with E-state index in [2.05, 4.69) is 10.2 Å². The van der Waals surface area contributed by atoms with Crippen molar-refractivity contribution >= 4 is 16.6 Å². The first-order chi connectivity index (χ1) is 6.35. The van der Waals surface area contributed by atoms with Crippen molar-refractivity contribution in [3.8, 4) is 5.75 Å². The van der Waals surface area contributed by atoms with Gasteiger partial charge in [-0.05, 0) is 23.4 Å². The molecular weight excluding hydrogens is 168 g/mol. The summed E-state index contributed by atoms with van der Waals surface area (Å²) in [7, 11) is 1.59. The van der Waals surface area contributed by atoms with Crippen molar-refractivity contribution < 1.29 is 4.74 Å². The monoisotopic (exact) mass is 176 g/mol. The summed E-state index contributed by atoms with van der Waals surface area (Å²) in [6.45, 7) is 0. The summed E-state index contributed by atoms with van der Waals surface area (Å²) in [5, 5.41) is 3.68. The van der Waals surface area contributed by atoms with Crippen LogP contribution in [0.4, 0.5) is 5.69 Å². The number of nitrogens with one attached hydrogen (secondary N) is 1. The SMILES string of the molecule is COc1ccc2[nH]cc(N=O)c2c1. The Morgan fingerprint density at radius 2 is 2.31 bits per heavy atom. The Hall–Kier alpha value is -1.84. The lowest BCUT2D eigenvalue weighted by molar-refractivity contribution is 0.415. The van der Waals surface area contributed by atoms with Gasteiger partial charge in [-0.2, -0.15) is 0 Å². The number of fused-ring (bicyclic) bond motifs is 1. The standard InChI is InChI=1S/C9H8N2O2/c1-13-6-2-3-8-7(4-6)9(11-12)5-10-8/h2-5,10H,1H3. The first-order valence-electron chi connectivity index (χ1n) is 3.83. The minimum Gasteiger partial charge on any atom is -0.497 e. The summed E-state index contributed by atoms with van der Waals surface area (Å²) >= 11 is 0. The molecule has 66 valence electrons. The topological polar surface area (TPSA) is 54.4 Å². The predicted octanol–water partition coefficient (Wildman–Crippen LogP) is 2.57. The minimum atomic E-state index is 0.411. The lowest BCUT2D eigenvalue weighted by Gasteiger charge is -1.98. The van der Waals surface area contributed by atoms with Crippen LogP contribution >= 0.6 is 0 Å². The van der Waals surface area contributed by atoms with Crippen LogP contribution in [0.2, 0.25) is 0 Å². The number of hydrogen-bond donors (Lipinski definition) is 1. The number of benzene rings is 1. The number of rotatable bonds is 2. The fourth-order valence-electron chi connectivity index (χ4n) is 1.29. The molecule has 0 atom stereocenters. The second-order valence-electron chi connectivity index (χ2n) is 2.68. The first kappa shape index (κ1) is 7.79. The van der Waals surface area contributed by atoms with Gasteiger partial charge in [0.05, 0.1) is 7.11 Å². The van der Waals surface area contributed by atoms with E-state index in [4.69, 9.17) is 4.74 Å². The molecule has 4 heteroatoms. The van der Waals surface area contributed by atoms with E-state index >= 15 is 0 Å². The summed E-state index contributed by atoms with van der Waals surface area (Å²) in [5.41, 5.74) is 1.30. The second-order valence-corrected chi connectivity index (χ2v) is 2.68. The average molecular weight is 176 g/mol. The highest BCUT2D eigenvalue weighted by Gasteiger charge is 2.04. The van der Waals surface area contributed by atoms with Gasteiger partial charge < -0.3 is 9.72 Å². The number of ether oxygens (including phenoxy) is 1. The van der Waals surface area contributed by atoms with Crippen molar-refractivity contribution in [2.45, 2.75) is 0 Å². The predicted molar refractivity (Wildman–Crippen MR) is 50.3 cm³/mol. The smallest absolute Gasteiger partial charge is 0.133 e. The molecule has 1 heterocycles. The van der Waals surface area contributed by atoms with Crippen LogP contribution in [0.3, 0.4) is 0 Å². The Labute approximate surface area is 74.5 Å². The Bertz CT molecular complexity index is 448. The molecule has 0 radical (unpaired) electrons. The highest BCUT2D eigenvalue weighted by Crippen LogP contribution is 2.28. The molecule has 0 aliphatic rings. The fraction of sp³-hybridized carbons (Fsp3) is 0.111. The molecular formula is C9H8N2O2. The van der Waals surface area contributed by atoms with Gasteiger partial charge in [0.2, 0.25) is 0 Å². The molecule has 0 aliphatic heterocycles. The van der Waals surface area contributed by atoms with Gasteiger partial charge in [-0.3, -0.25) is 0 Å². The zero-order valence-electron chi connectivity index (χ0n) is 7.07. The van der Waals surface area contributed by atoms with Crippen LogP contribution in [-0.2, 0) is 0 Å². The van der Waals surface area contributed by atoms with Gasteiger partial charge in [-0.25, -0.2) is 0 Å². The molecule has 0 amide bonds. The van der Waals surface area contributed by atoms with Crippen LogP contribution in [0.15, 0.2) is 29.6 Å². The zero-order chi connectivity index (χ0) is 9.26. The number of hydrogen-bond acceptors (Lipinski definition) is 3. The third kappa shape index (κ3) is 1.16. The van der Waals surface area contributed by atoms with E-state index in [1.165, 1.54) is 0 Å². The summed E-state index contributed by atoms with van der Waals surface area (Å²) < 4.78 is 5.03. The first-order valence-corrected chi connectivity index (χ1v) is 3.83. The molecule has 0 spiro atoms. The van der Waals surface area contributed by atoms with Crippen molar-refractivity contribution in [3.63, 3.8) is 0 Å². The number of nitrogens with zero attached hydrogens (tertiary/aromatic N) is 1. The Balaban J connectivity index is 2.71. The quantitative estimate of drug-likeness (QED) is 0.715. The molecule has 1 aromatic heterocycles. The summed E-state index contributed by atoms with van der Waals surface area (Å²) in [4.78, 5) is 13.3. The van der Waals surface area contributed by atoms with E-state index in [9.17, 15) is 4.91 Å². The lowest BCUT2D eigenvalue weighted by Crippen LogP contribution is -1.80. The molecule has 0 saturated heterocycles. The number of methoxy groups -OCH3 is 1. The van der Waals surface area contributed by atoms with Crippen LogP contribution < -0.4 is 4.74 Å². The molecule has 1 aromatic carbocycles. The molecule has 2 rings (SSSR count). The highest BCUT2D eigenvalue weighted by molar-refractivity contribution is 5.91. The van der Waals surface area contributed by atoms with Gasteiger partial charge in [-0.1, -0.05) is 0 Å². The minimum absolute atomic E-state index is 0.411. The van der Waals surface area contributed by atoms with Gasteiger partial charge >= 0.3 is 0 Å². The maximum atomic E-state index is 10.4. The van der Waals surface area contributed by atoms with Crippen molar-refractivity contribution in [1.82, 2.24) is 4.98 Å². The van der Waals surface area contributed by atoms with E-state index in [0.717, 1.165) is 16.7 Å². The summed E-state index contributed by atoms with van der Waals surface area (Å²) in [6.07, 6.45) is 1.58. The molecule has 0 fully saturated rings. The highest BCUT2D eigenvalue weighted by atomic mass is 16.5. The largest absolute Gasteiger partial charge is 0.497 e. The maximum absolute atomic E-state index is 10.4. The maximum Gasteiger partial charge on any atom is 0.133 e. The van der Waals surface area contributed by atoms with Gasteiger partial charge in [0, 0.05) is 17.1 Å². The third-order valence-corrected chi connectivity index (χ3v) is 1.97.